The summed E-state index contributed by atoms with van der Waals surface area (Å²) in [6, 6.07) is 11.2. The highest BCUT2D eigenvalue weighted by Gasteiger charge is 2.12. The van der Waals surface area contributed by atoms with Crippen molar-refractivity contribution in [3.8, 4) is 0 Å². The maximum absolute atomic E-state index is 13.0. The van der Waals surface area contributed by atoms with E-state index in [9.17, 15) is 14.0 Å². The molecular weight excluding hydrogens is 480 g/mol. The third-order valence-corrected chi connectivity index (χ3v) is 4.59. The second kappa shape index (κ2) is 8.39. The lowest BCUT2D eigenvalue weighted by atomic mass is 10.2. The van der Waals surface area contributed by atoms with Gasteiger partial charge in [0, 0.05) is 13.6 Å². The molecule has 0 heterocycles. The lowest BCUT2D eigenvalue weighted by Gasteiger charge is -2.08. The van der Waals surface area contributed by atoms with Gasteiger partial charge in [0.1, 0.15) is 19.0 Å². The van der Waals surface area contributed by atoms with E-state index in [1.807, 2.05) is 6.07 Å². The van der Waals surface area contributed by atoms with Crippen LogP contribution in [0.2, 0.25) is 0 Å². The van der Waals surface area contributed by atoms with Gasteiger partial charge in [-0.2, -0.15) is 0 Å². The highest BCUT2D eigenvalue weighted by Crippen LogP contribution is 2.18. The third-order valence-electron chi connectivity index (χ3n) is 2.92. The van der Waals surface area contributed by atoms with Crippen LogP contribution in [0, 0.1) is 9.39 Å². The SMILES string of the molecule is O=C(CNC(=O)c1ccccc1I)OCc1ccc(F)cc1Br. The van der Waals surface area contributed by atoms with E-state index in [-0.39, 0.29) is 24.9 Å². The van der Waals surface area contributed by atoms with Crippen LogP contribution in [-0.4, -0.2) is 18.4 Å². The molecule has 0 aliphatic rings. The second-order valence-corrected chi connectivity index (χ2v) is 6.58. The second-order valence-electron chi connectivity index (χ2n) is 4.56. The molecule has 1 N–H and O–H groups in total. The topological polar surface area (TPSA) is 55.4 Å². The van der Waals surface area contributed by atoms with E-state index in [1.165, 1.54) is 18.2 Å². The van der Waals surface area contributed by atoms with Crippen molar-refractivity contribution < 1.29 is 18.7 Å². The Morgan fingerprint density at radius 3 is 2.65 bits per heavy atom. The number of hydrogen-bond donors (Lipinski definition) is 1. The van der Waals surface area contributed by atoms with Gasteiger partial charge in [-0.3, -0.25) is 9.59 Å². The number of amides is 1. The van der Waals surface area contributed by atoms with Gasteiger partial charge in [-0.1, -0.05) is 34.1 Å². The van der Waals surface area contributed by atoms with Crippen molar-refractivity contribution in [1.82, 2.24) is 5.32 Å². The predicted molar refractivity (Wildman–Crippen MR) is 95.4 cm³/mol. The third kappa shape index (κ3) is 5.28. The Morgan fingerprint density at radius 1 is 1.22 bits per heavy atom. The zero-order valence-corrected chi connectivity index (χ0v) is 15.6. The molecule has 0 fully saturated rings. The molecule has 0 aromatic heterocycles. The minimum atomic E-state index is -0.569. The Hall–Kier alpha value is -1.48. The molecule has 0 saturated heterocycles. The zero-order chi connectivity index (χ0) is 16.8. The van der Waals surface area contributed by atoms with E-state index in [2.05, 4.69) is 43.8 Å². The van der Waals surface area contributed by atoms with Crippen molar-refractivity contribution in [3.63, 3.8) is 0 Å². The molecule has 0 bridgehead atoms. The number of carbonyl (C=O) groups excluding carboxylic acids is 2. The van der Waals surface area contributed by atoms with Crippen LogP contribution < -0.4 is 5.32 Å². The molecule has 2 aromatic carbocycles. The number of hydrogen-bond acceptors (Lipinski definition) is 3. The quantitative estimate of drug-likeness (QED) is 0.513. The van der Waals surface area contributed by atoms with Crippen molar-refractivity contribution >= 4 is 50.4 Å². The van der Waals surface area contributed by atoms with Gasteiger partial charge in [0.25, 0.3) is 5.91 Å². The van der Waals surface area contributed by atoms with Gasteiger partial charge in [-0.25, -0.2) is 4.39 Å². The van der Waals surface area contributed by atoms with Crippen LogP contribution in [0.4, 0.5) is 4.39 Å². The number of halogens is 3. The minimum Gasteiger partial charge on any atom is -0.459 e. The van der Waals surface area contributed by atoms with Crippen LogP contribution in [0.25, 0.3) is 0 Å². The molecule has 0 radical (unpaired) electrons. The van der Waals surface area contributed by atoms with Crippen molar-refractivity contribution in [2.24, 2.45) is 0 Å². The summed E-state index contributed by atoms with van der Waals surface area (Å²) >= 11 is 5.25. The van der Waals surface area contributed by atoms with Crippen LogP contribution in [0.5, 0.6) is 0 Å². The Morgan fingerprint density at radius 2 is 1.96 bits per heavy atom. The van der Waals surface area contributed by atoms with E-state index in [4.69, 9.17) is 4.74 Å². The van der Waals surface area contributed by atoms with Crippen LogP contribution in [0.3, 0.4) is 0 Å². The summed E-state index contributed by atoms with van der Waals surface area (Å²) in [6.45, 7) is -0.235. The van der Waals surface area contributed by atoms with Gasteiger partial charge in [-0.05, 0) is 46.9 Å². The van der Waals surface area contributed by atoms with Gasteiger partial charge in [0.15, 0.2) is 0 Å². The fourth-order valence-electron chi connectivity index (χ4n) is 1.74. The highest BCUT2D eigenvalue weighted by atomic mass is 127. The highest BCUT2D eigenvalue weighted by molar-refractivity contribution is 14.1. The summed E-state index contributed by atoms with van der Waals surface area (Å²) in [5.74, 6) is -1.29. The molecule has 0 aliphatic carbocycles. The number of ether oxygens (including phenoxy) is 1. The van der Waals surface area contributed by atoms with Crippen molar-refractivity contribution in [3.05, 3.63) is 67.5 Å². The first-order valence-electron chi connectivity index (χ1n) is 6.59. The Bertz CT molecular complexity index is 739. The fourth-order valence-corrected chi connectivity index (χ4v) is 2.84. The molecule has 0 unspecified atom stereocenters. The van der Waals surface area contributed by atoms with Crippen LogP contribution in [0.1, 0.15) is 15.9 Å². The molecule has 0 atom stereocenters. The Balaban J connectivity index is 1.83. The number of carbonyl (C=O) groups is 2. The molecule has 4 nitrogen and oxygen atoms in total. The normalized spacial score (nSPS) is 10.2. The Labute approximate surface area is 154 Å². The lowest BCUT2D eigenvalue weighted by molar-refractivity contribution is -0.143. The van der Waals surface area contributed by atoms with E-state index < -0.39 is 5.97 Å². The van der Waals surface area contributed by atoms with E-state index in [0.717, 1.165) is 3.57 Å². The monoisotopic (exact) mass is 491 g/mol. The molecule has 2 aromatic rings. The first-order valence-corrected chi connectivity index (χ1v) is 8.47. The maximum atomic E-state index is 13.0. The summed E-state index contributed by atoms with van der Waals surface area (Å²) in [5, 5.41) is 2.51. The first-order chi connectivity index (χ1) is 11.0. The molecule has 0 saturated carbocycles. The maximum Gasteiger partial charge on any atom is 0.325 e. The first kappa shape index (κ1) is 17.9. The summed E-state index contributed by atoms with van der Waals surface area (Å²) in [6.07, 6.45) is 0. The molecule has 0 spiro atoms. The van der Waals surface area contributed by atoms with Crippen molar-refractivity contribution in [2.75, 3.05) is 6.54 Å². The standard InChI is InChI=1S/C16H12BrFINO3/c17-13-7-11(18)6-5-10(13)9-23-15(21)8-20-16(22)12-3-1-2-4-14(12)19/h1-7H,8-9H2,(H,20,22). The summed E-state index contributed by atoms with van der Waals surface area (Å²) in [5.41, 5.74) is 1.14. The van der Waals surface area contributed by atoms with Crippen molar-refractivity contribution in [1.29, 1.82) is 0 Å². The smallest absolute Gasteiger partial charge is 0.325 e. The minimum absolute atomic E-state index is 0.00155. The molecule has 1 amide bonds. The molecular formula is C16H12BrFINO3. The lowest BCUT2D eigenvalue weighted by Crippen LogP contribution is -2.31. The fraction of sp³-hybridized carbons (Fsp3) is 0.125. The number of nitrogens with one attached hydrogen (secondary N) is 1. The van der Waals surface area contributed by atoms with Gasteiger partial charge in [-0.15, -0.1) is 0 Å². The summed E-state index contributed by atoms with van der Waals surface area (Å²) in [7, 11) is 0. The number of benzene rings is 2. The number of esters is 1. The van der Waals surface area contributed by atoms with E-state index in [0.29, 0.717) is 15.6 Å². The average molecular weight is 492 g/mol. The molecule has 2 rings (SSSR count). The van der Waals surface area contributed by atoms with Gasteiger partial charge >= 0.3 is 5.97 Å². The zero-order valence-electron chi connectivity index (χ0n) is 11.8. The predicted octanol–water partition coefficient (Wildman–Crippen LogP) is 3.67. The van der Waals surface area contributed by atoms with Crippen LogP contribution in [0.15, 0.2) is 46.9 Å². The van der Waals surface area contributed by atoms with E-state index >= 15 is 0 Å². The largest absolute Gasteiger partial charge is 0.459 e. The van der Waals surface area contributed by atoms with Crippen LogP contribution in [-0.2, 0) is 16.1 Å². The number of rotatable bonds is 5. The summed E-state index contributed by atoms with van der Waals surface area (Å²) in [4.78, 5) is 23.7. The van der Waals surface area contributed by atoms with Gasteiger partial charge in [0.05, 0.1) is 5.56 Å². The van der Waals surface area contributed by atoms with Crippen molar-refractivity contribution in [2.45, 2.75) is 6.61 Å². The molecule has 23 heavy (non-hydrogen) atoms. The molecule has 120 valence electrons. The Kier molecular flexibility index (Phi) is 6.52. The average Bonchev–Trinajstić information content (AvgIpc) is 2.52. The summed E-state index contributed by atoms with van der Waals surface area (Å²) < 4.78 is 19.3. The van der Waals surface area contributed by atoms with Gasteiger partial charge < -0.3 is 10.1 Å². The molecule has 0 aliphatic heterocycles. The van der Waals surface area contributed by atoms with Crippen LogP contribution >= 0.6 is 38.5 Å². The van der Waals surface area contributed by atoms with Gasteiger partial charge in [0.2, 0.25) is 0 Å². The molecule has 7 heteroatoms. The van der Waals surface area contributed by atoms with E-state index in [1.54, 1.807) is 18.2 Å².